The van der Waals surface area contributed by atoms with E-state index >= 15 is 0 Å². The van der Waals surface area contributed by atoms with Gasteiger partial charge in [0, 0.05) is 0 Å². The second kappa shape index (κ2) is 9.72. The van der Waals surface area contributed by atoms with Crippen molar-refractivity contribution in [2.75, 3.05) is 17.7 Å². The molecule has 0 saturated carbocycles. The number of rotatable bonds is 9. The summed E-state index contributed by atoms with van der Waals surface area (Å²) in [5.41, 5.74) is 1.76. The second-order valence-electron chi connectivity index (χ2n) is 5.79. The molecule has 1 amide bonds. The number of hydrogen-bond donors (Lipinski definition) is 1. The molecule has 0 saturated heterocycles. The second-order valence-corrected chi connectivity index (χ2v) is 6.73. The minimum atomic E-state index is -0.137. The highest BCUT2D eigenvalue weighted by molar-refractivity contribution is 7.99. The predicted octanol–water partition coefficient (Wildman–Crippen LogP) is 3.24. The molecular weight excluding hydrogens is 362 g/mol. The summed E-state index contributed by atoms with van der Waals surface area (Å²) in [4.78, 5) is 12.3. The van der Waals surface area contributed by atoms with Crippen LogP contribution in [0.25, 0.3) is 0 Å². The van der Waals surface area contributed by atoms with Crippen LogP contribution in [0, 0.1) is 0 Å². The van der Waals surface area contributed by atoms with Gasteiger partial charge in [-0.05, 0) is 34.5 Å². The Morgan fingerprint density at radius 3 is 2.74 bits per heavy atom. The largest absolute Gasteiger partial charge is 0.491 e. The molecule has 27 heavy (non-hydrogen) atoms. The summed E-state index contributed by atoms with van der Waals surface area (Å²) in [5.74, 6) is 0.741. The summed E-state index contributed by atoms with van der Waals surface area (Å²) in [6, 6.07) is 17.3. The Morgan fingerprint density at radius 1 is 1.15 bits per heavy atom. The number of nitrogens with one attached hydrogen (secondary N) is 1. The molecule has 8 heteroatoms. The first-order chi connectivity index (χ1) is 13.3. The molecule has 0 radical (unpaired) electrons. The van der Waals surface area contributed by atoms with E-state index in [9.17, 15) is 4.79 Å². The number of nitrogens with zero attached hydrogens (tertiary/aromatic N) is 4. The van der Waals surface area contributed by atoms with E-state index in [1.165, 1.54) is 11.8 Å². The van der Waals surface area contributed by atoms with Crippen LogP contribution >= 0.6 is 11.8 Å². The Bertz CT molecular complexity index is 869. The van der Waals surface area contributed by atoms with Crippen molar-refractivity contribution in [2.24, 2.45) is 0 Å². The molecule has 3 rings (SSSR count). The number of carbonyl (C=O) groups is 1. The molecule has 2 aromatic carbocycles. The number of thioether (sulfide) groups is 1. The molecule has 0 aliphatic heterocycles. The average Bonchev–Trinajstić information content (AvgIpc) is 3.13. The van der Waals surface area contributed by atoms with Gasteiger partial charge < -0.3 is 10.1 Å². The molecule has 1 aromatic heterocycles. The zero-order valence-corrected chi connectivity index (χ0v) is 15.9. The molecule has 1 heterocycles. The van der Waals surface area contributed by atoms with Gasteiger partial charge in [0.05, 0.1) is 24.6 Å². The van der Waals surface area contributed by atoms with Crippen molar-refractivity contribution in [1.29, 1.82) is 0 Å². The van der Waals surface area contributed by atoms with E-state index in [1.807, 2.05) is 61.5 Å². The van der Waals surface area contributed by atoms with Crippen LogP contribution in [0.5, 0.6) is 5.75 Å². The molecule has 0 bridgehead atoms. The van der Waals surface area contributed by atoms with Gasteiger partial charge in [-0.15, -0.1) is 5.10 Å². The Kier molecular flexibility index (Phi) is 6.81. The lowest BCUT2D eigenvalue weighted by molar-refractivity contribution is -0.113. The lowest BCUT2D eigenvalue weighted by atomic mass is 10.2. The van der Waals surface area contributed by atoms with Gasteiger partial charge in [-0.3, -0.25) is 4.79 Å². The van der Waals surface area contributed by atoms with Crippen LogP contribution in [0.2, 0.25) is 0 Å². The predicted molar refractivity (Wildman–Crippen MR) is 105 cm³/mol. The van der Waals surface area contributed by atoms with Crippen LogP contribution in [-0.4, -0.2) is 38.5 Å². The number of hydrogen-bond acceptors (Lipinski definition) is 6. The maximum Gasteiger partial charge on any atom is 0.234 e. The Morgan fingerprint density at radius 2 is 1.93 bits per heavy atom. The van der Waals surface area contributed by atoms with Crippen LogP contribution in [0.4, 0.5) is 5.69 Å². The highest BCUT2D eigenvalue weighted by Crippen LogP contribution is 2.24. The molecular formula is C19H21N5O2S. The van der Waals surface area contributed by atoms with Crippen molar-refractivity contribution >= 4 is 23.4 Å². The molecule has 7 nitrogen and oxygen atoms in total. The summed E-state index contributed by atoms with van der Waals surface area (Å²) < 4.78 is 7.35. The topological polar surface area (TPSA) is 81.9 Å². The van der Waals surface area contributed by atoms with Crippen LogP contribution < -0.4 is 10.1 Å². The summed E-state index contributed by atoms with van der Waals surface area (Å²) in [7, 11) is 0. The lowest BCUT2D eigenvalue weighted by Crippen LogP contribution is -2.15. The van der Waals surface area contributed by atoms with Crippen molar-refractivity contribution in [3.8, 4) is 5.75 Å². The first kappa shape index (κ1) is 18.9. The first-order valence-corrected chi connectivity index (χ1v) is 9.69. The van der Waals surface area contributed by atoms with Gasteiger partial charge in [0.2, 0.25) is 11.1 Å². The quantitative estimate of drug-likeness (QED) is 0.571. The van der Waals surface area contributed by atoms with Crippen molar-refractivity contribution in [1.82, 2.24) is 20.2 Å². The fourth-order valence-corrected chi connectivity index (χ4v) is 3.06. The van der Waals surface area contributed by atoms with Gasteiger partial charge in [-0.2, -0.15) is 0 Å². The number of anilines is 1. The first-order valence-electron chi connectivity index (χ1n) is 8.71. The third-order valence-corrected chi connectivity index (χ3v) is 4.59. The molecule has 0 spiro atoms. The van der Waals surface area contributed by atoms with Crippen molar-refractivity contribution in [3.05, 3.63) is 60.2 Å². The average molecular weight is 383 g/mol. The van der Waals surface area contributed by atoms with E-state index < -0.39 is 0 Å². The van der Waals surface area contributed by atoms with Gasteiger partial charge in [0.1, 0.15) is 5.75 Å². The van der Waals surface area contributed by atoms with E-state index in [-0.39, 0.29) is 11.7 Å². The zero-order valence-electron chi connectivity index (χ0n) is 15.0. The minimum Gasteiger partial charge on any atom is -0.491 e. The monoisotopic (exact) mass is 383 g/mol. The summed E-state index contributed by atoms with van der Waals surface area (Å²) in [6.45, 7) is 3.21. The molecule has 0 unspecified atom stereocenters. The van der Waals surface area contributed by atoms with E-state index in [0.29, 0.717) is 29.7 Å². The fourth-order valence-electron chi connectivity index (χ4n) is 2.38. The van der Waals surface area contributed by atoms with Gasteiger partial charge >= 0.3 is 0 Å². The van der Waals surface area contributed by atoms with Gasteiger partial charge in [-0.1, -0.05) is 61.2 Å². The molecule has 0 aliphatic rings. The normalized spacial score (nSPS) is 10.6. The van der Waals surface area contributed by atoms with Gasteiger partial charge in [0.15, 0.2) is 0 Å². The molecule has 0 atom stereocenters. The van der Waals surface area contributed by atoms with Crippen LogP contribution in [-0.2, 0) is 11.3 Å². The SMILES string of the molecule is CCCOc1ccccc1NC(=O)CSc1nnnn1Cc1ccccc1. The number of tetrazole rings is 1. The Balaban J connectivity index is 1.57. The Labute approximate surface area is 162 Å². The summed E-state index contributed by atoms with van der Waals surface area (Å²) in [6.07, 6.45) is 0.905. The maximum absolute atomic E-state index is 12.3. The number of aromatic nitrogens is 4. The highest BCUT2D eigenvalue weighted by Gasteiger charge is 2.12. The van der Waals surface area contributed by atoms with Gasteiger partial charge in [0.25, 0.3) is 0 Å². The van der Waals surface area contributed by atoms with E-state index in [2.05, 4.69) is 20.8 Å². The molecule has 140 valence electrons. The number of carbonyl (C=O) groups excluding carboxylic acids is 1. The fraction of sp³-hybridized carbons (Fsp3) is 0.263. The van der Waals surface area contributed by atoms with E-state index in [0.717, 1.165) is 12.0 Å². The summed E-state index contributed by atoms with van der Waals surface area (Å²) in [5, 5.41) is 15.2. The number of para-hydroxylation sites is 2. The molecule has 1 N–H and O–H groups in total. The number of amides is 1. The zero-order chi connectivity index (χ0) is 18.9. The van der Waals surface area contributed by atoms with Crippen molar-refractivity contribution in [2.45, 2.75) is 25.0 Å². The molecule has 0 fully saturated rings. The van der Waals surface area contributed by atoms with Crippen LogP contribution in [0.15, 0.2) is 59.8 Å². The van der Waals surface area contributed by atoms with Gasteiger partial charge in [-0.25, -0.2) is 4.68 Å². The minimum absolute atomic E-state index is 0.137. The van der Waals surface area contributed by atoms with E-state index in [1.54, 1.807) is 4.68 Å². The van der Waals surface area contributed by atoms with Crippen molar-refractivity contribution in [3.63, 3.8) is 0 Å². The summed E-state index contributed by atoms with van der Waals surface area (Å²) >= 11 is 1.30. The molecule has 0 aliphatic carbocycles. The highest BCUT2D eigenvalue weighted by atomic mass is 32.2. The number of benzene rings is 2. The standard InChI is InChI=1S/C19H21N5O2S/c1-2-12-26-17-11-7-6-10-16(17)20-18(25)14-27-19-21-22-23-24(19)13-15-8-4-3-5-9-15/h3-11H,2,12-14H2,1H3,(H,20,25). The lowest BCUT2D eigenvalue weighted by Gasteiger charge is -2.11. The van der Waals surface area contributed by atoms with Crippen LogP contribution in [0.1, 0.15) is 18.9 Å². The van der Waals surface area contributed by atoms with Crippen LogP contribution in [0.3, 0.4) is 0 Å². The smallest absolute Gasteiger partial charge is 0.234 e. The Hall–Kier alpha value is -2.87. The third-order valence-electron chi connectivity index (χ3n) is 3.63. The third kappa shape index (κ3) is 5.55. The molecule has 3 aromatic rings. The van der Waals surface area contributed by atoms with Crippen molar-refractivity contribution < 1.29 is 9.53 Å². The maximum atomic E-state index is 12.3. The number of ether oxygens (including phenoxy) is 1. The van der Waals surface area contributed by atoms with E-state index in [4.69, 9.17) is 4.74 Å².